The van der Waals surface area contributed by atoms with Crippen LogP contribution in [0.2, 0.25) is 0 Å². The fourth-order valence-corrected chi connectivity index (χ4v) is 6.58. The molecule has 8 aromatic rings. The van der Waals surface area contributed by atoms with Gasteiger partial charge in [-0.15, -0.1) is 0 Å². The first kappa shape index (κ1) is 24.6. The van der Waals surface area contributed by atoms with Gasteiger partial charge in [0.15, 0.2) is 0 Å². The van der Waals surface area contributed by atoms with Gasteiger partial charge in [0, 0.05) is 11.3 Å². The van der Waals surface area contributed by atoms with Crippen LogP contribution in [0.5, 0.6) is 0 Å². The Labute approximate surface area is 255 Å². The molecule has 1 aliphatic heterocycles. The molecule has 0 saturated heterocycles. The van der Waals surface area contributed by atoms with E-state index in [1.54, 1.807) is 0 Å². The summed E-state index contributed by atoms with van der Waals surface area (Å²) in [5, 5.41) is 2.52. The standard InChI is InChI=1S/C41H27N3/c1-3-11-31(12-4-1)41-42-36-16-9-17-38-40(36)44(41)37-25-24-34(27-39(37)43(38)35-14-5-2-6-15-35)30-20-18-29(19-21-30)33-23-22-28-10-7-8-13-32(28)26-33/h1-27H. The second-order valence-electron chi connectivity index (χ2n) is 11.3. The highest BCUT2D eigenvalue weighted by molar-refractivity contribution is 6.03. The lowest BCUT2D eigenvalue weighted by atomic mass is 9.97. The maximum Gasteiger partial charge on any atom is 0.145 e. The van der Waals surface area contributed by atoms with Gasteiger partial charge in [0.05, 0.1) is 28.1 Å². The zero-order valence-electron chi connectivity index (χ0n) is 23.9. The van der Waals surface area contributed by atoms with Crippen molar-refractivity contribution < 1.29 is 0 Å². The Bertz CT molecular complexity index is 2320. The first-order chi connectivity index (χ1) is 21.8. The summed E-state index contributed by atoms with van der Waals surface area (Å²) in [5.41, 5.74) is 12.5. The summed E-state index contributed by atoms with van der Waals surface area (Å²) in [6, 6.07) is 58.5. The third kappa shape index (κ3) is 3.87. The van der Waals surface area contributed by atoms with Gasteiger partial charge in [0.2, 0.25) is 0 Å². The number of hydrogen-bond acceptors (Lipinski definition) is 2. The summed E-state index contributed by atoms with van der Waals surface area (Å²) in [4.78, 5) is 7.53. The molecule has 1 aromatic heterocycles. The predicted molar refractivity (Wildman–Crippen MR) is 183 cm³/mol. The monoisotopic (exact) mass is 561 g/mol. The van der Waals surface area contributed by atoms with E-state index in [9.17, 15) is 0 Å². The first-order valence-corrected chi connectivity index (χ1v) is 15.0. The van der Waals surface area contributed by atoms with Crippen molar-refractivity contribution in [2.45, 2.75) is 0 Å². The molecule has 3 nitrogen and oxygen atoms in total. The van der Waals surface area contributed by atoms with E-state index in [1.165, 1.54) is 33.0 Å². The molecule has 0 atom stereocenters. The van der Waals surface area contributed by atoms with E-state index >= 15 is 0 Å². The molecule has 1 aliphatic rings. The molecule has 0 radical (unpaired) electrons. The van der Waals surface area contributed by atoms with E-state index in [0.717, 1.165) is 45.2 Å². The lowest BCUT2D eigenvalue weighted by molar-refractivity contribution is 1.06. The van der Waals surface area contributed by atoms with E-state index < -0.39 is 0 Å². The van der Waals surface area contributed by atoms with Crippen molar-refractivity contribution in [2.75, 3.05) is 4.90 Å². The van der Waals surface area contributed by atoms with Crippen molar-refractivity contribution in [3.05, 3.63) is 164 Å². The van der Waals surface area contributed by atoms with Crippen LogP contribution in [0, 0.1) is 0 Å². The number of para-hydroxylation sites is 2. The molecule has 206 valence electrons. The van der Waals surface area contributed by atoms with Crippen molar-refractivity contribution in [2.24, 2.45) is 0 Å². The molecule has 9 rings (SSSR count). The zero-order valence-corrected chi connectivity index (χ0v) is 23.9. The maximum atomic E-state index is 5.16. The second-order valence-corrected chi connectivity index (χ2v) is 11.3. The smallest absolute Gasteiger partial charge is 0.145 e. The normalized spacial score (nSPS) is 12.0. The molecule has 0 spiro atoms. The Morgan fingerprint density at radius 2 is 1.02 bits per heavy atom. The molecule has 0 bridgehead atoms. The van der Waals surface area contributed by atoms with Gasteiger partial charge in [0.1, 0.15) is 5.82 Å². The van der Waals surface area contributed by atoms with Gasteiger partial charge in [-0.1, -0.05) is 121 Å². The molecule has 2 heterocycles. The summed E-state index contributed by atoms with van der Waals surface area (Å²) in [6.07, 6.45) is 0. The van der Waals surface area contributed by atoms with E-state index in [4.69, 9.17) is 4.98 Å². The van der Waals surface area contributed by atoms with Crippen molar-refractivity contribution >= 4 is 38.9 Å². The van der Waals surface area contributed by atoms with Crippen molar-refractivity contribution in [1.82, 2.24) is 9.55 Å². The lowest BCUT2D eigenvalue weighted by Gasteiger charge is -2.33. The van der Waals surface area contributed by atoms with Gasteiger partial charge in [-0.2, -0.15) is 0 Å². The van der Waals surface area contributed by atoms with E-state index in [0.29, 0.717) is 0 Å². The van der Waals surface area contributed by atoms with Gasteiger partial charge < -0.3 is 4.90 Å². The van der Waals surface area contributed by atoms with Crippen LogP contribution in [0.4, 0.5) is 17.1 Å². The number of anilines is 3. The molecule has 0 aliphatic carbocycles. The predicted octanol–water partition coefficient (Wildman–Crippen LogP) is 11.0. The number of nitrogens with zero attached hydrogens (tertiary/aromatic N) is 3. The Morgan fingerprint density at radius 3 is 1.80 bits per heavy atom. The Kier molecular flexibility index (Phi) is 5.50. The first-order valence-electron chi connectivity index (χ1n) is 15.0. The van der Waals surface area contributed by atoms with Gasteiger partial charge in [0.25, 0.3) is 0 Å². The number of aromatic nitrogens is 2. The SMILES string of the molecule is c1ccc(-c2nc3cccc4c3n2-c2ccc(-c3ccc(-c5ccc6ccccc6c5)cc3)cc2N4c2ccccc2)cc1. The van der Waals surface area contributed by atoms with Gasteiger partial charge >= 0.3 is 0 Å². The van der Waals surface area contributed by atoms with Crippen molar-refractivity contribution in [3.63, 3.8) is 0 Å². The summed E-state index contributed by atoms with van der Waals surface area (Å²) >= 11 is 0. The zero-order chi connectivity index (χ0) is 29.0. The molecular weight excluding hydrogens is 534 g/mol. The summed E-state index contributed by atoms with van der Waals surface area (Å²) in [5.74, 6) is 0.953. The van der Waals surface area contributed by atoms with Crippen molar-refractivity contribution in [1.29, 1.82) is 0 Å². The molecular formula is C41H27N3. The highest BCUT2D eigenvalue weighted by Crippen LogP contribution is 2.49. The fraction of sp³-hybridized carbons (Fsp3) is 0. The van der Waals surface area contributed by atoms with Gasteiger partial charge in [-0.3, -0.25) is 4.57 Å². The number of benzene rings is 7. The maximum absolute atomic E-state index is 5.16. The third-order valence-corrected chi connectivity index (χ3v) is 8.70. The van der Waals surface area contributed by atoms with Gasteiger partial charge in [-0.05, 0) is 75.5 Å². The Hall–Kier alpha value is -5.93. The van der Waals surface area contributed by atoms with E-state index in [-0.39, 0.29) is 0 Å². The minimum absolute atomic E-state index is 0.953. The Morgan fingerprint density at radius 1 is 0.386 bits per heavy atom. The van der Waals surface area contributed by atoms with E-state index in [2.05, 4.69) is 173 Å². The minimum Gasteiger partial charge on any atom is -0.306 e. The lowest BCUT2D eigenvalue weighted by Crippen LogP contribution is -2.18. The Balaban J connectivity index is 1.21. The molecule has 0 saturated carbocycles. The van der Waals surface area contributed by atoms with Crippen LogP contribution in [0.25, 0.3) is 61.1 Å². The summed E-state index contributed by atoms with van der Waals surface area (Å²) < 4.78 is 2.33. The van der Waals surface area contributed by atoms with Crippen LogP contribution in [-0.2, 0) is 0 Å². The van der Waals surface area contributed by atoms with Crippen molar-refractivity contribution in [3.8, 4) is 39.3 Å². The number of hydrogen-bond donors (Lipinski definition) is 0. The highest BCUT2D eigenvalue weighted by atomic mass is 15.2. The molecule has 0 unspecified atom stereocenters. The number of fused-ring (bicyclic) bond motifs is 3. The summed E-state index contributed by atoms with van der Waals surface area (Å²) in [6.45, 7) is 0. The average molecular weight is 562 g/mol. The molecule has 0 fully saturated rings. The fourth-order valence-electron chi connectivity index (χ4n) is 6.58. The number of rotatable bonds is 4. The topological polar surface area (TPSA) is 21.1 Å². The average Bonchev–Trinajstić information content (AvgIpc) is 3.50. The van der Waals surface area contributed by atoms with Crippen LogP contribution in [-0.4, -0.2) is 9.55 Å². The third-order valence-electron chi connectivity index (χ3n) is 8.70. The molecule has 44 heavy (non-hydrogen) atoms. The van der Waals surface area contributed by atoms with Crippen LogP contribution in [0.3, 0.4) is 0 Å². The number of imidazole rings is 1. The van der Waals surface area contributed by atoms with E-state index in [1.807, 2.05) is 0 Å². The van der Waals surface area contributed by atoms with Crippen LogP contribution >= 0.6 is 0 Å². The van der Waals surface area contributed by atoms with Gasteiger partial charge in [-0.25, -0.2) is 4.98 Å². The quantitative estimate of drug-likeness (QED) is 0.213. The van der Waals surface area contributed by atoms with Crippen LogP contribution < -0.4 is 4.90 Å². The molecule has 7 aromatic carbocycles. The highest BCUT2D eigenvalue weighted by Gasteiger charge is 2.29. The van der Waals surface area contributed by atoms with Crippen LogP contribution in [0.15, 0.2) is 164 Å². The second kappa shape index (κ2) is 9.82. The molecule has 3 heteroatoms. The minimum atomic E-state index is 0.953. The molecule has 0 amide bonds. The summed E-state index contributed by atoms with van der Waals surface area (Å²) in [7, 11) is 0. The van der Waals surface area contributed by atoms with Crippen LogP contribution in [0.1, 0.15) is 0 Å². The largest absolute Gasteiger partial charge is 0.306 e. The molecule has 0 N–H and O–H groups in total.